The zero-order valence-electron chi connectivity index (χ0n) is 30.1. The second-order valence-corrected chi connectivity index (χ2v) is 14.7. The summed E-state index contributed by atoms with van der Waals surface area (Å²) < 4.78 is 53.7. The molecule has 49 heavy (non-hydrogen) atoms. The summed E-state index contributed by atoms with van der Waals surface area (Å²) in [5, 5.41) is 30.7. The minimum Gasteiger partial charge on any atom is -0.462 e. The largest absolute Gasteiger partial charge is 0.462 e. The number of allylic oxidation sites excluding steroid dienone is 2. The fourth-order valence-corrected chi connectivity index (χ4v) is 6.29. The maximum atomic E-state index is 12.7. The number of carbonyl (C=O) groups is 2. The molecule has 1 aliphatic heterocycles. The molecule has 0 aromatic rings. The molecule has 288 valence electrons. The minimum absolute atomic E-state index is 0.157. The fourth-order valence-electron chi connectivity index (χ4n) is 5.60. The van der Waals surface area contributed by atoms with Gasteiger partial charge in [-0.2, -0.15) is 8.42 Å². The van der Waals surface area contributed by atoms with Crippen molar-refractivity contribution in [3.8, 4) is 0 Å². The maximum absolute atomic E-state index is 12.7. The molecule has 0 spiro atoms. The molecule has 6 unspecified atom stereocenters. The smallest absolute Gasteiger partial charge is 0.306 e. The monoisotopic (exact) mass is 722 g/mol. The second kappa shape index (κ2) is 28.0. The first-order valence-electron chi connectivity index (χ1n) is 18.7. The number of aliphatic hydroxyl groups excluding tert-OH is 3. The van der Waals surface area contributed by atoms with Crippen LogP contribution in [0.4, 0.5) is 0 Å². The van der Waals surface area contributed by atoms with Gasteiger partial charge in [0.1, 0.15) is 36.8 Å². The molecule has 0 radical (unpaired) electrons. The Balaban J connectivity index is 2.56. The van der Waals surface area contributed by atoms with Gasteiger partial charge in [0, 0.05) is 12.8 Å². The van der Waals surface area contributed by atoms with Crippen molar-refractivity contribution in [1.29, 1.82) is 0 Å². The number of rotatable bonds is 30. The minimum atomic E-state index is -4.59. The van der Waals surface area contributed by atoms with E-state index in [0.717, 1.165) is 57.8 Å². The van der Waals surface area contributed by atoms with Gasteiger partial charge in [0.05, 0.1) is 6.61 Å². The van der Waals surface area contributed by atoms with Crippen molar-refractivity contribution in [1.82, 2.24) is 0 Å². The molecule has 0 amide bonds. The van der Waals surface area contributed by atoms with Gasteiger partial charge in [-0.05, 0) is 32.1 Å². The second-order valence-electron chi connectivity index (χ2n) is 13.2. The standard InChI is InChI=1S/C36H66O12S/c1-3-5-7-9-11-13-15-17-19-21-23-25-32(38)47-29(26-45-31(37)24-22-20-18-16-14-12-10-8-6-4-2)27-46-36-35(41)34(40)33(39)30(48-36)28-49(42,43)44/h9,11,29-30,33-36,39-41H,3-8,10,12-28H2,1-2H3,(H,42,43,44)/b11-9-. The van der Waals surface area contributed by atoms with Crippen LogP contribution in [0.2, 0.25) is 0 Å². The Bertz CT molecular complexity index is 989. The Labute approximate surface area is 295 Å². The van der Waals surface area contributed by atoms with E-state index < -0.39 is 71.2 Å². The number of unbranched alkanes of at least 4 members (excludes halogenated alkanes) is 16. The van der Waals surface area contributed by atoms with Crippen LogP contribution in [-0.2, 0) is 38.7 Å². The maximum Gasteiger partial charge on any atom is 0.306 e. The Morgan fingerprint density at radius 3 is 1.76 bits per heavy atom. The first-order valence-corrected chi connectivity index (χ1v) is 20.4. The zero-order valence-corrected chi connectivity index (χ0v) is 30.9. The van der Waals surface area contributed by atoms with Crippen LogP contribution in [-0.4, -0.2) is 96.0 Å². The predicted octanol–water partition coefficient (Wildman–Crippen LogP) is 5.94. The van der Waals surface area contributed by atoms with Crippen LogP contribution < -0.4 is 0 Å². The van der Waals surface area contributed by atoms with Crippen molar-refractivity contribution in [3.05, 3.63) is 12.2 Å². The number of ether oxygens (including phenoxy) is 4. The molecule has 1 fully saturated rings. The lowest BCUT2D eigenvalue weighted by Gasteiger charge is -2.40. The highest BCUT2D eigenvalue weighted by molar-refractivity contribution is 7.85. The number of aliphatic hydroxyl groups is 3. The highest BCUT2D eigenvalue weighted by atomic mass is 32.2. The molecule has 0 aliphatic carbocycles. The first-order chi connectivity index (χ1) is 23.5. The lowest BCUT2D eigenvalue weighted by Crippen LogP contribution is -2.60. The average molecular weight is 723 g/mol. The number of hydrogen-bond donors (Lipinski definition) is 4. The summed E-state index contributed by atoms with van der Waals surface area (Å²) in [5.41, 5.74) is 0. The summed E-state index contributed by atoms with van der Waals surface area (Å²) in [7, 11) is -4.59. The van der Waals surface area contributed by atoms with E-state index in [1.165, 1.54) is 51.4 Å². The molecular formula is C36H66O12S. The Kier molecular flexibility index (Phi) is 26.0. The third-order valence-electron chi connectivity index (χ3n) is 8.60. The number of hydrogen-bond acceptors (Lipinski definition) is 11. The van der Waals surface area contributed by atoms with Crippen LogP contribution in [0.15, 0.2) is 12.2 Å². The summed E-state index contributed by atoms with van der Waals surface area (Å²) in [5.74, 6) is -1.99. The highest BCUT2D eigenvalue weighted by Gasteiger charge is 2.46. The van der Waals surface area contributed by atoms with Crippen LogP contribution in [0.25, 0.3) is 0 Å². The van der Waals surface area contributed by atoms with E-state index >= 15 is 0 Å². The van der Waals surface area contributed by atoms with Crippen molar-refractivity contribution in [3.63, 3.8) is 0 Å². The number of esters is 2. The van der Waals surface area contributed by atoms with E-state index in [4.69, 9.17) is 18.9 Å². The molecule has 1 rings (SSSR count). The summed E-state index contributed by atoms with van der Waals surface area (Å²) in [6.45, 7) is 3.66. The Morgan fingerprint density at radius 1 is 0.673 bits per heavy atom. The zero-order chi connectivity index (χ0) is 36.3. The van der Waals surface area contributed by atoms with Gasteiger partial charge in [0.15, 0.2) is 12.4 Å². The molecule has 0 aromatic heterocycles. The third-order valence-corrected chi connectivity index (χ3v) is 9.35. The van der Waals surface area contributed by atoms with E-state index in [2.05, 4.69) is 26.0 Å². The van der Waals surface area contributed by atoms with Gasteiger partial charge in [0.2, 0.25) is 0 Å². The van der Waals surface area contributed by atoms with Gasteiger partial charge < -0.3 is 34.3 Å². The molecule has 13 heteroatoms. The van der Waals surface area contributed by atoms with Gasteiger partial charge in [-0.1, -0.05) is 116 Å². The molecule has 4 N–H and O–H groups in total. The van der Waals surface area contributed by atoms with Crippen LogP contribution in [0.5, 0.6) is 0 Å². The van der Waals surface area contributed by atoms with E-state index in [1.807, 2.05) is 0 Å². The van der Waals surface area contributed by atoms with Crippen LogP contribution in [0.1, 0.15) is 149 Å². The lowest BCUT2D eigenvalue weighted by molar-refractivity contribution is -0.297. The molecule has 0 aromatic carbocycles. The van der Waals surface area contributed by atoms with Crippen LogP contribution in [0.3, 0.4) is 0 Å². The molecule has 1 heterocycles. The fraction of sp³-hybridized carbons (Fsp3) is 0.889. The van der Waals surface area contributed by atoms with E-state index in [-0.39, 0.29) is 19.4 Å². The summed E-state index contributed by atoms with van der Waals surface area (Å²) in [6, 6.07) is 0. The normalized spacial score (nSPS) is 22.0. The van der Waals surface area contributed by atoms with Gasteiger partial charge in [0.25, 0.3) is 10.1 Å². The molecular weight excluding hydrogens is 656 g/mol. The average Bonchev–Trinajstić information content (AvgIpc) is 3.05. The quantitative estimate of drug-likeness (QED) is 0.0296. The van der Waals surface area contributed by atoms with Gasteiger partial charge >= 0.3 is 11.9 Å². The Morgan fingerprint density at radius 2 is 1.18 bits per heavy atom. The van der Waals surface area contributed by atoms with Crippen LogP contribution >= 0.6 is 0 Å². The molecule has 0 bridgehead atoms. The predicted molar refractivity (Wildman–Crippen MR) is 187 cm³/mol. The van der Waals surface area contributed by atoms with Crippen molar-refractivity contribution < 1.29 is 56.8 Å². The Hall–Kier alpha value is -1.61. The number of carbonyl (C=O) groups excluding carboxylic acids is 2. The summed E-state index contributed by atoms with van der Waals surface area (Å²) in [4.78, 5) is 25.1. The summed E-state index contributed by atoms with van der Waals surface area (Å²) >= 11 is 0. The topological polar surface area (TPSA) is 186 Å². The lowest BCUT2D eigenvalue weighted by atomic mass is 10.00. The van der Waals surface area contributed by atoms with Crippen molar-refractivity contribution in [2.24, 2.45) is 0 Å². The highest BCUT2D eigenvalue weighted by Crippen LogP contribution is 2.24. The molecule has 0 saturated carbocycles. The van der Waals surface area contributed by atoms with Gasteiger partial charge in [-0.15, -0.1) is 0 Å². The summed E-state index contributed by atoms with van der Waals surface area (Å²) in [6.07, 6.45) is 15.7. The third kappa shape index (κ3) is 23.5. The molecule has 1 saturated heterocycles. The van der Waals surface area contributed by atoms with Crippen molar-refractivity contribution >= 4 is 22.1 Å². The van der Waals surface area contributed by atoms with Crippen molar-refractivity contribution in [2.45, 2.75) is 185 Å². The molecule has 12 nitrogen and oxygen atoms in total. The van der Waals surface area contributed by atoms with E-state index in [9.17, 15) is 37.9 Å². The first kappa shape index (κ1) is 45.4. The van der Waals surface area contributed by atoms with E-state index in [0.29, 0.717) is 12.8 Å². The van der Waals surface area contributed by atoms with Gasteiger partial charge in [-0.3, -0.25) is 14.1 Å². The van der Waals surface area contributed by atoms with Gasteiger partial charge in [-0.25, -0.2) is 0 Å². The van der Waals surface area contributed by atoms with Crippen molar-refractivity contribution in [2.75, 3.05) is 19.0 Å². The SMILES string of the molecule is CCCC/C=C\CCCCCCCC(=O)OC(COC(=O)CCCCCCCCCCCC)COC1OC(CS(=O)(=O)O)C(O)C(O)C1O. The molecule has 6 atom stereocenters. The van der Waals surface area contributed by atoms with Crippen LogP contribution in [0, 0.1) is 0 Å². The molecule has 1 aliphatic rings. The van der Waals surface area contributed by atoms with E-state index in [1.54, 1.807) is 0 Å².